The highest BCUT2D eigenvalue weighted by Gasteiger charge is 2.41. The summed E-state index contributed by atoms with van der Waals surface area (Å²) in [7, 11) is 0. The maximum absolute atomic E-state index is 13.3. The van der Waals surface area contributed by atoms with E-state index >= 15 is 0 Å². The minimum atomic E-state index is -4.51. The minimum absolute atomic E-state index is 0.146. The van der Waals surface area contributed by atoms with Crippen molar-refractivity contribution in [3.63, 3.8) is 0 Å². The Bertz CT molecular complexity index is 609. The van der Waals surface area contributed by atoms with Crippen LogP contribution in [-0.4, -0.2) is 36.6 Å². The van der Waals surface area contributed by atoms with E-state index in [2.05, 4.69) is 10.6 Å². The van der Waals surface area contributed by atoms with Gasteiger partial charge in [0.2, 0.25) is 11.8 Å². The maximum Gasteiger partial charge on any atom is 0.403 e. The fraction of sp³-hybridized carbons (Fsp3) is 0.619. The second-order valence-corrected chi connectivity index (χ2v) is 7.21. The number of nitrogens with two attached hydrogens (primary N) is 1. The van der Waals surface area contributed by atoms with Gasteiger partial charge in [-0.3, -0.25) is 14.9 Å². The van der Waals surface area contributed by atoms with Crippen LogP contribution in [-0.2, 0) is 16.0 Å². The molecule has 0 aliphatic rings. The largest absolute Gasteiger partial charge is 0.403 e. The molecule has 2 atom stereocenters. The number of halogens is 3. The number of unbranched alkanes of at least 4 members (excludes halogenated alkanes) is 4. The predicted molar refractivity (Wildman–Crippen MR) is 107 cm³/mol. The van der Waals surface area contributed by atoms with Crippen LogP contribution in [0.15, 0.2) is 30.3 Å². The van der Waals surface area contributed by atoms with Crippen LogP contribution in [0.4, 0.5) is 13.2 Å². The molecule has 0 spiro atoms. The number of nitrogens with one attached hydrogen (secondary N) is 2. The van der Waals surface area contributed by atoms with E-state index in [1.54, 1.807) is 0 Å². The van der Waals surface area contributed by atoms with Gasteiger partial charge in [-0.2, -0.15) is 13.2 Å². The molecule has 2 amide bonds. The molecule has 8 heteroatoms. The molecule has 0 bridgehead atoms. The summed E-state index contributed by atoms with van der Waals surface area (Å²) < 4.78 is 40.0. The van der Waals surface area contributed by atoms with Gasteiger partial charge in [0.05, 0.1) is 12.5 Å². The number of alkyl halides is 3. The summed E-state index contributed by atoms with van der Waals surface area (Å²) in [5.41, 5.74) is 6.27. The standard InChI is InChI=1S/C21H32F3N3O2/c1-2-3-4-5-9-12-18(21(22,23)24)27-17(20(25)29)15-19(28)26-14-13-16-10-7-6-8-11-16/h6-8,10-11,17-18,27H,2-5,9,12-15H2,1H3,(H2,25,29)(H,26,28)/t17-,18?/m1/s1. The van der Waals surface area contributed by atoms with Crippen LogP contribution < -0.4 is 16.4 Å². The number of carbonyl (C=O) groups excluding carboxylic acids is 2. The van der Waals surface area contributed by atoms with Crippen LogP contribution in [0.3, 0.4) is 0 Å². The number of benzene rings is 1. The first-order valence-corrected chi connectivity index (χ1v) is 10.2. The molecule has 0 radical (unpaired) electrons. The van der Waals surface area contributed by atoms with Gasteiger partial charge in [-0.15, -0.1) is 0 Å². The molecule has 4 N–H and O–H groups in total. The maximum atomic E-state index is 13.3. The summed E-state index contributed by atoms with van der Waals surface area (Å²) in [6, 6.07) is 6.23. The molecule has 0 fully saturated rings. The Balaban J connectivity index is 2.52. The van der Waals surface area contributed by atoms with Crippen molar-refractivity contribution in [3.8, 4) is 0 Å². The first-order valence-electron chi connectivity index (χ1n) is 10.2. The van der Waals surface area contributed by atoms with Crippen LogP contribution in [0.1, 0.15) is 57.4 Å². The normalized spacial score (nSPS) is 13.7. The average Bonchev–Trinajstić information content (AvgIpc) is 2.66. The molecule has 0 aromatic heterocycles. The highest BCUT2D eigenvalue weighted by Crippen LogP contribution is 2.25. The van der Waals surface area contributed by atoms with E-state index in [0.717, 1.165) is 24.8 Å². The van der Waals surface area contributed by atoms with Gasteiger partial charge in [0, 0.05) is 6.54 Å². The van der Waals surface area contributed by atoms with Gasteiger partial charge >= 0.3 is 6.18 Å². The van der Waals surface area contributed by atoms with E-state index in [1.165, 1.54) is 0 Å². The van der Waals surface area contributed by atoms with Gasteiger partial charge in [0.1, 0.15) is 6.04 Å². The average molecular weight is 416 g/mol. The zero-order valence-electron chi connectivity index (χ0n) is 16.9. The third kappa shape index (κ3) is 10.9. The Labute approximate surface area is 170 Å². The molecule has 1 rings (SSSR count). The smallest absolute Gasteiger partial charge is 0.368 e. The molecule has 29 heavy (non-hydrogen) atoms. The first kappa shape index (κ1) is 24.9. The molecule has 0 saturated heterocycles. The zero-order valence-corrected chi connectivity index (χ0v) is 16.9. The van der Waals surface area contributed by atoms with E-state index in [0.29, 0.717) is 25.8 Å². The quantitative estimate of drug-likeness (QED) is 0.407. The Kier molecular flexibility index (Phi) is 11.3. The van der Waals surface area contributed by atoms with Crippen molar-refractivity contribution in [2.24, 2.45) is 5.73 Å². The van der Waals surface area contributed by atoms with E-state index < -0.39 is 36.5 Å². The van der Waals surface area contributed by atoms with Crippen LogP contribution in [0.25, 0.3) is 0 Å². The zero-order chi connectivity index (χ0) is 21.7. The third-order valence-electron chi connectivity index (χ3n) is 4.71. The molecule has 0 aliphatic heterocycles. The highest BCUT2D eigenvalue weighted by atomic mass is 19.4. The van der Waals surface area contributed by atoms with Gasteiger partial charge < -0.3 is 11.1 Å². The topological polar surface area (TPSA) is 84.2 Å². The Hall–Kier alpha value is -2.09. The lowest BCUT2D eigenvalue weighted by Gasteiger charge is -2.26. The lowest BCUT2D eigenvalue weighted by Crippen LogP contribution is -2.53. The fourth-order valence-corrected chi connectivity index (χ4v) is 3.03. The van der Waals surface area contributed by atoms with Crippen LogP contribution >= 0.6 is 0 Å². The van der Waals surface area contributed by atoms with E-state index in [4.69, 9.17) is 5.73 Å². The molecule has 1 unspecified atom stereocenters. The molecule has 0 heterocycles. The second kappa shape index (κ2) is 13.2. The van der Waals surface area contributed by atoms with Crippen molar-refractivity contribution in [2.75, 3.05) is 6.54 Å². The van der Waals surface area contributed by atoms with Crippen molar-refractivity contribution < 1.29 is 22.8 Å². The number of hydrogen-bond acceptors (Lipinski definition) is 3. The van der Waals surface area contributed by atoms with Crippen LogP contribution in [0.2, 0.25) is 0 Å². The van der Waals surface area contributed by atoms with Crippen LogP contribution in [0, 0.1) is 0 Å². The van der Waals surface area contributed by atoms with Crippen molar-refractivity contribution in [2.45, 2.75) is 76.6 Å². The number of carbonyl (C=O) groups is 2. The lowest BCUT2D eigenvalue weighted by atomic mass is 10.0. The van der Waals surface area contributed by atoms with Gasteiger partial charge in [-0.1, -0.05) is 69.4 Å². The highest BCUT2D eigenvalue weighted by molar-refractivity contribution is 5.87. The van der Waals surface area contributed by atoms with Gasteiger partial charge in [-0.05, 0) is 18.4 Å². The Morgan fingerprint density at radius 3 is 2.31 bits per heavy atom. The first-order chi connectivity index (χ1) is 13.7. The van der Waals surface area contributed by atoms with E-state index in [1.807, 2.05) is 37.3 Å². The van der Waals surface area contributed by atoms with Gasteiger partial charge in [-0.25, -0.2) is 0 Å². The van der Waals surface area contributed by atoms with Gasteiger partial charge in [0.15, 0.2) is 0 Å². The SMILES string of the molecule is CCCCCCCC(N[C@H](CC(=O)NCCc1ccccc1)C(N)=O)C(F)(F)F. The van der Waals surface area contributed by atoms with Gasteiger partial charge in [0.25, 0.3) is 0 Å². The van der Waals surface area contributed by atoms with Crippen molar-refractivity contribution >= 4 is 11.8 Å². The Morgan fingerprint density at radius 2 is 1.72 bits per heavy atom. The fourth-order valence-electron chi connectivity index (χ4n) is 3.03. The second-order valence-electron chi connectivity index (χ2n) is 7.21. The molecule has 5 nitrogen and oxygen atoms in total. The summed E-state index contributed by atoms with van der Waals surface area (Å²) in [5, 5.41) is 4.89. The number of primary amides is 1. The monoisotopic (exact) mass is 415 g/mol. The Morgan fingerprint density at radius 1 is 1.07 bits per heavy atom. The predicted octanol–water partition coefficient (Wildman–Crippen LogP) is 3.47. The third-order valence-corrected chi connectivity index (χ3v) is 4.71. The molecule has 0 saturated carbocycles. The minimum Gasteiger partial charge on any atom is -0.368 e. The van der Waals surface area contributed by atoms with Crippen LogP contribution in [0.5, 0.6) is 0 Å². The molecule has 0 aliphatic carbocycles. The summed E-state index contributed by atoms with van der Waals surface area (Å²) in [4.78, 5) is 23.7. The summed E-state index contributed by atoms with van der Waals surface area (Å²) in [5.74, 6) is -1.48. The lowest BCUT2D eigenvalue weighted by molar-refractivity contribution is -0.161. The number of amides is 2. The van der Waals surface area contributed by atoms with E-state index in [9.17, 15) is 22.8 Å². The number of rotatable bonds is 14. The van der Waals surface area contributed by atoms with Crippen molar-refractivity contribution in [1.29, 1.82) is 0 Å². The molecule has 1 aromatic carbocycles. The van der Waals surface area contributed by atoms with Crippen molar-refractivity contribution in [1.82, 2.24) is 10.6 Å². The summed E-state index contributed by atoms with van der Waals surface area (Å²) in [6.07, 6.45) is -0.535. The summed E-state index contributed by atoms with van der Waals surface area (Å²) in [6.45, 7) is 2.36. The van der Waals surface area contributed by atoms with E-state index in [-0.39, 0.29) is 6.42 Å². The molecule has 164 valence electrons. The molecule has 1 aromatic rings. The number of hydrogen-bond donors (Lipinski definition) is 3. The summed E-state index contributed by atoms with van der Waals surface area (Å²) >= 11 is 0. The molecular weight excluding hydrogens is 383 g/mol. The molecular formula is C21H32F3N3O2. The van der Waals surface area contributed by atoms with Crippen molar-refractivity contribution in [3.05, 3.63) is 35.9 Å².